The molecule has 0 aliphatic carbocycles. The molecule has 0 atom stereocenters. The van der Waals surface area contributed by atoms with E-state index in [9.17, 15) is 9.59 Å². The van der Waals surface area contributed by atoms with Gasteiger partial charge in [0.1, 0.15) is 5.76 Å². The first kappa shape index (κ1) is 14.1. The summed E-state index contributed by atoms with van der Waals surface area (Å²) in [6.07, 6.45) is 0.353. The fraction of sp³-hybridized carbons (Fsp3) is 0.111. The number of benzene rings is 2. The highest BCUT2D eigenvalue weighted by Crippen LogP contribution is 2.18. The van der Waals surface area contributed by atoms with Gasteiger partial charge in [0.15, 0.2) is 0 Å². The molecule has 2 aromatic carbocycles. The summed E-state index contributed by atoms with van der Waals surface area (Å²) in [6.45, 7) is 0. The first-order chi connectivity index (χ1) is 10.7. The van der Waals surface area contributed by atoms with E-state index in [0.717, 1.165) is 10.9 Å². The molecule has 4 nitrogen and oxygen atoms in total. The molecule has 0 unspecified atom stereocenters. The van der Waals surface area contributed by atoms with Gasteiger partial charge in [-0.05, 0) is 29.1 Å². The van der Waals surface area contributed by atoms with Crippen LogP contribution in [0.25, 0.3) is 10.8 Å². The molecule has 0 aliphatic rings. The Bertz CT molecular complexity index is 893. The highest BCUT2D eigenvalue weighted by Gasteiger charge is 2.13. The van der Waals surface area contributed by atoms with Crippen LogP contribution in [0, 0.1) is 0 Å². The summed E-state index contributed by atoms with van der Waals surface area (Å²) in [5, 5.41) is 1.37. The molecule has 0 radical (unpaired) electrons. The van der Waals surface area contributed by atoms with Crippen molar-refractivity contribution in [3.05, 3.63) is 81.9 Å². The van der Waals surface area contributed by atoms with E-state index in [1.54, 1.807) is 24.3 Å². The van der Waals surface area contributed by atoms with Crippen LogP contribution in [0.2, 0.25) is 0 Å². The third-order valence-electron chi connectivity index (χ3n) is 3.51. The summed E-state index contributed by atoms with van der Waals surface area (Å²) < 4.78 is 10.1. The molecule has 0 spiro atoms. The van der Waals surface area contributed by atoms with Crippen LogP contribution in [0.5, 0.6) is 0 Å². The maximum absolute atomic E-state index is 12.0. The van der Waals surface area contributed by atoms with Gasteiger partial charge in [-0.2, -0.15) is 0 Å². The van der Waals surface area contributed by atoms with Crippen molar-refractivity contribution in [1.82, 2.24) is 0 Å². The van der Waals surface area contributed by atoms with Gasteiger partial charge in [0.05, 0.1) is 18.1 Å². The molecular weight excluding hydrogens is 280 g/mol. The standard InChI is InChI=1S/C18H14O4/c1-21-17(19)15-8-4-2-6-12(15)10-14-11-13-7-3-5-9-16(13)18(20)22-14/h2-9,11H,10H2,1H3. The van der Waals surface area contributed by atoms with Crippen LogP contribution < -0.4 is 5.63 Å². The van der Waals surface area contributed by atoms with Gasteiger partial charge in [0, 0.05) is 6.42 Å². The summed E-state index contributed by atoms with van der Waals surface area (Å²) >= 11 is 0. The lowest BCUT2D eigenvalue weighted by molar-refractivity contribution is 0.0599. The number of methoxy groups -OCH3 is 1. The predicted molar refractivity (Wildman–Crippen MR) is 83.1 cm³/mol. The third-order valence-corrected chi connectivity index (χ3v) is 3.51. The van der Waals surface area contributed by atoms with Crippen LogP contribution in [0.3, 0.4) is 0 Å². The molecule has 4 heteroatoms. The largest absolute Gasteiger partial charge is 0.465 e. The Morgan fingerprint density at radius 1 is 1.09 bits per heavy atom. The minimum absolute atomic E-state index is 0.353. The number of carbonyl (C=O) groups is 1. The maximum Gasteiger partial charge on any atom is 0.343 e. The van der Waals surface area contributed by atoms with Gasteiger partial charge in [-0.15, -0.1) is 0 Å². The smallest absolute Gasteiger partial charge is 0.343 e. The van der Waals surface area contributed by atoms with Crippen molar-refractivity contribution in [3.63, 3.8) is 0 Å². The highest BCUT2D eigenvalue weighted by atomic mass is 16.5. The number of fused-ring (bicyclic) bond motifs is 1. The molecule has 0 amide bonds. The molecule has 0 saturated heterocycles. The van der Waals surface area contributed by atoms with Crippen LogP contribution in [-0.2, 0) is 11.2 Å². The number of hydrogen-bond acceptors (Lipinski definition) is 4. The van der Waals surface area contributed by atoms with Gasteiger partial charge in [-0.25, -0.2) is 9.59 Å². The summed E-state index contributed by atoms with van der Waals surface area (Å²) in [5.41, 5.74) is 0.859. The topological polar surface area (TPSA) is 56.5 Å². The highest BCUT2D eigenvalue weighted by molar-refractivity contribution is 5.91. The molecule has 0 aliphatic heterocycles. The van der Waals surface area contributed by atoms with Gasteiger partial charge < -0.3 is 9.15 Å². The molecule has 3 rings (SSSR count). The average Bonchev–Trinajstić information content (AvgIpc) is 2.55. The normalized spacial score (nSPS) is 10.6. The first-order valence-corrected chi connectivity index (χ1v) is 6.87. The maximum atomic E-state index is 12.0. The lowest BCUT2D eigenvalue weighted by Gasteiger charge is -2.07. The van der Waals surface area contributed by atoms with Crippen molar-refractivity contribution >= 4 is 16.7 Å². The van der Waals surface area contributed by atoms with E-state index in [-0.39, 0.29) is 5.63 Å². The van der Waals surface area contributed by atoms with Crippen molar-refractivity contribution in [2.24, 2.45) is 0 Å². The molecule has 0 bridgehead atoms. The first-order valence-electron chi connectivity index (χ1n) is 6.87. The van der Waals surface area contributed by atoms with Crippen LogP contribution in [0.1, 0.15) is 21.7 Å². The van der Waals surface area contributed by atoms with Crippen LogP contribution in [0.4, 0.5) is 0 Å². The van der Waals surface area contributed by atoms with Gasteiger partial charge in [0.2, 0.25) is 0 Å². The zero-order valence-electron chi connectivity index (χ0n) is 12.0. The summed E-state index contributed by atoms with van der Waals surface area (Å²) in [4.78, 5) is 23.8. The van der Waals surface area contributed by atoms with Gasteiger partial charge in [-0.1, -0.05) is 36.4 Å². The zero-order valence-corrected chi connectivity index (χ0v) is 12.0. The fourth-order valence-electron chi connectivity index (χ4n) is 2.44. The Morgan fingerprint density at radius 2 is 1.82 bits per heavy atom. The van der Waals surface area contributed by atoms with Crippen LogP contribution >= 0.6 is 0 Å². The van der Waals surface area contributed by atoms with Crippen molar-refractivity contribution in [2.75, 3.05) is 7.11 Å². The van der Waals surface area contributed by atoms with E-state index >= 15 is 0 Å². The second kappa shape index (κ2) is 5.85. The number of rotatable bonds is 3. The molecule has 0 fully saturated rings. The number of carbonyl (C=O) groups excluding carboxylic acids is 1. The Kier molecular flexibility index (Phi) is 3.74. The predicted octanol–water partition coefficient (Wildman–Crippen LogP) is 3.17. The molecule has 22 heavy (non-hydrogen) atoms. The van der Waals surface area contributed by atoms with E-state index < -0.39 is 5.97 Å². The van der Waals surface area contributed by atoms with Crippen molar-refractivity contribution in [1.29, 1.82) is 0 Å². The Labute approximate surface area is 127 Å². The van der Waals surface area contributed by atoms with Crippen LogP contribution in [-0.4, -0.2) is 13.1 Å². The molecule has 1 heterocycles. The molecule has 110 valence electrons. The van der Waals surface area contributed by atoms with E-state index in [0.29, 0.717) is 23.1 Å². The monoisotopic (exact) mass is 294 g/mol. The lowest BCUT2D eigenvalue weighted by Crippen LogP contribution is -2.07. The Hall–Kier alpha value is -2.88. The minimum atomic E-state index is -0.404. The lowest BCUT2D eigenvalue weighted by atomic mass is 10.0. The van der Waals surface area contributed by atoms with Crippen molar-refractivity contribution in [2.45, 2.75) is 6.42 Å². The number of esters is 1. The van der Waals surface area contributed by atoms with Gasteiger partial charge >= 0.3 is 11.6 Å². The van der Waals surface area contributed by atoms with E-state index in [2.05, 4.69) is 0 Å². The van der Waals surface area contributed by atoms with Crippen molar-refractivity contribution < 1.29 is 13.9 Å². The van der Waals surface area contributed by atoms with Gasteiger partial charge in [-0.3, -0.25) is 0 Å². The Balaban J connectivity index is 2.04. The minimum Gasteiger partial charge on any atom is -0.465 e. The molecule has 3 aromatic rings. The number of hydrogen-bond donors (Lipinski definition) is 0. The summed E-state index contributed by atoms with van der Waals surface area (Å²) in [5.74, 6) is 0.110. The Morgan fingerprint density at radius 3 is 2.64 bits per heavy atom. The second-order valence-electron chi connectivity index (χ2n) is 4.91. The molecule has 0 N–H and O–H groups in total. The second-order valence-corrected chi connectivity index (χ2v) is 4.91. The number of ether oxygens (including phenoxy) is 1. The van der Waals surface area contributed by atoms with E-state index in [4.69, 9.17) is 9.15 Å². The summed E-state index contributed by atoms with van der Waals surface area (Å²) in [6, 6.07) is 16.2. The third kappa shape index (κ3) is 2.63. The van der Waals surface area contributed by atoms with Crippen LogP contribution in [0.15, 0.2) is 63.8 Å². The molecule has 0 saturated carbocycles. The fourth-order valence-corrected chi connectivity index (χ4v) is 2.44. The summed E-state index contributed by atoms with van der Waals surface area (Å²) in [7, 11) is 1.34. The van der Waals surface area contributed by atoms with E-state index in [1.807, 2.05) is 30.3 Å². The van der Waals surface area contributed by atoms with Gasteiger partial charge in [0.25, 0.3) is 0 Å². The molecule has 1 aromatic heterocycles. The molecular formula is C18H14O4. The SMILES string of the molecule is COC(=O)c1ccccc1Cc1cc2ccccc2c(=O)o1. The quantitative estimate of drug-likeness (QED) is 0.696. The van der Waals surface area contributed by atoms with E-state index in [1.165, 1.54) is 7.11 Å². The average molecular weight is 294 g/mol. The van der Waals surface area contributed by atoms with Crippen molar-refractivity contribution in [3.8, 4) is 0 Å². The zero-order chi connectivity index (χ0) is 15.5.